The number of aryl methyl sites for hydroxylation is 1. The number of imidazole rings is 1. The second-order valence-electron chi connectivity index (χ2n) is 6.33. The maximum Gasteiger partial charge on any atom is 0.313 e. The van der Waals surface area contributed by atoms with Crippen LogP contribution in [-0.4, -0.2) is 27.1 Å². The van der Waals surface area contributed by atoms with Crippen molar-refractivity contribution in [3.8, 4) is 0 Å². The summed E-state index contributed by atoms with van der Waals surface area (Å²) in [5.74, 6) is -1.54. The number of nitrogens with one attached hydrogen (secondary N) is 2. The predicted molar refractivity (Wildman–Crippen MR) is 105 cm³/mol. The highest BCUT2D eigenvalue weighted by Gasteiger charge is 2.18. The fourth-order valence-electron chi connectivity index (χ4n) is 2.73. The Kier molecular flexibility index (Phi) is 5.64. The van der Waals surface area contributed by atoms with Gasteiger partial charge in [-0.2, -0.15) is 0 Å². The van der Waals surface area contributed by atoms with E-state index < -0.39 is 11.8 Å². The molecule has 0 fully saturated rings. The number of carbonyl (C=O) groups is 3. The molecule has 28 heavy (non-hydrogen) atoms. The van der Waals surface area contributed by atoms with E-state index in [2.05, 4.69) is 15.6 Å². The molecule has 7 heteroatoms. The third-order valence-electron chi connectivity index (χ3n) is 4.26. The first-order valence-electron chi connectivity index (χ1n) is 8.74. The van der Waals surface area contributed by atoms with Gasteiger partial charge in [0.25, 0.3) is 0 Å². The quantitative estimate of drug-likeness (QED) is 0.528. The third kappa shape index (κ3) is 4.32. The Hall–Kier alpha value is -3.74. The lowest BCUT2D eigenvalue weighted by molar-refractivity contribution is -0.136. The zero-order chi connectivity index (χ0) is 20.1. The van der Waals surface area contributed by atoms with Gasteiger partial charge < -0.3 is 15.2 Å². The number of amides is 2. The van der Waals surface area contributed by atoms with E-state index in [9.17, 15) is 14.4 Å². The van der Waals surface area contributed by atoms with Crippen LogP contribution in [0.2, 0.25) is 0 Å². The maximum atomic E-state index is 12.5. The highest BCUT2D eigenvalue weighted by molar-refractivity contribution is 6.39. The van der Waals surface area contributed by atoms with Crippen molar-refractivity contribution in [1.82, 2.24) is 14.9 Å². The van der Waals surface area contributed by atoms with E-state index in [0.29, 0.717) is 11.3 Å². The average Bonchev–Trinajstić information content (AvgIpc) is 3.14. The summed E-state index contributed by atoms with van der Waals surface area (Å²) in [6.45, 7) is 1.80. The van der Waals surface area contributed by atoms with E-state index in [1.54, 1.807) is 42.9 Å². The second kappa shape index (κ2) is 8.30. The molecular weight excluding hydrogens is 356 g/mol. The topological polar surface area (TPSA) is 93.1 Å². The first kappa shape index (κ1) is 19.0. The van der Waals surface area contributed by atoms with Gasteiger partial charge in [0, 0.05) is 30.7 Å². The number of hydrogen-bond acceptors (Lipinski definition) is 4. The maximum absolute atomic E-state index is 12.5. The van der Waals surface area contributed by atoms with Crippen molar-refractivity contribution < 1.29 is 14.4 Å². The third-order valence-corrected chi connectivity index (χ3v) is 4.26. The van der Waals surface area contributed by atoms with Crippen LogP contribution in [0.5, 0.6) is 0 Å². The first-order chi connectivity index (χ1) is 13.5. The van der Waals surface area contributed by atoms with Gasteiger partial charge in [-0.05, 0) is 24.6 Å². The van der Waals surface area contributed by atoms with Gasteiger partial charge in [0.15, 0.2) is 5.82 Å². The molecule has 2 amide bonds. The zero-order valence-electron chi connectivity index (χ0n) is 15.5. The molecule has 3 rings (SSSR count). The molecule has 0 saturated carbocycles. The molecule has 1 aromatic heterocycles. The average molecular weight is 376 g/mol. The van der Waals surface area contributed by atoms with Gasteiger partial charge in [-0.15, -0.1) is 0 Å². The zero-order valence-corrected chi connectivity index (χ0v) is 15.5. The van der Waals surface area contributed by atoms with Crippen LogP contribution in [0, 0.1) is 0 Å². The molecule has 1 atom stereocenters. The van der Waals surface area contributed by atoms with Crippen molar-refractivity contribution in [2.75, 3.05) is 5.32 Å². The highest BCUT2D eigenvalue weighted by Crippen LogP contribution is 2.15. The molecule has 7 nitrogen and oxygen atoms in total. The summed E-state index contributed by atoms with van der Waals surface area (Å²) in [4.78, 5) is 41.0. The van der Waals surface area contributed by atoms with Crippen LogP contribution >= 0.6 is 0 Å². The van der Waals surface area contributed by atoms with Crippen LogP contribution in [0.25, 0.3) is 0 Å². The molecule has 0 aliphatic heterocycles. The Morgan fingerprint density at radius 3 is 2.43 bits per heavy atom. The van der Waals surface area contributed by atoms with Crippen LogP contribution < -0.4 is 10.6 Å². The Morgan fingerprint density at radius 2 is 1.75 bits per heavy atom. The molecule has 142 valence electrons. The van der Waals surface area contributed by atoms with Crippen molar-refractivity contribution in [3.63, 3.8) is 0 Å². The van der Waals surface area contributed by atoms with Gasteiger partial charge in [0.1, 0.15) is 0 Å². The Bertz CT molecular complexity index is 1010. The first-order valence-corrected chi connectivity index (χ1v) is 8.74. The normalized spacial score (nSPS) is 11.5. The van der Waals surface area contributed by atoms with Crippen LogP contribution in [-0.2, 0) is 16.6 Å². The summed E-state index contributed by atoms with van der Waals surface area (Å²) in [7, 11) is 1.73. The number of ketones is 1. The van der Waals surface area contributed by atoms with E-state index >= 15 is 0 Å². The van der Waals surface area contributed by atoms with Gasteiger partial charge in [0.2, 0.25) is 5.78 Å². The van der Waals surface area contributed by atoms with Crippen LogP contribution in [0.1, 0.15) is 34.7 Å². The van der Waals surface area contributed by atoms with Crippen molar-refractivity contribution in [2.45, 2.75) is 13.0 Å². The van der Waals surface area contributed by atoms with Crippen LogP contribution in [0.4, 0.5) is 5.69 Å². The molecule has 3 aromatic rings. The number of anilines is 1. The predicted octanol–water partition coefficient (Wildman–Crippen LogP) is 2.47. The molecule has 0 saturated heterocycles. The van der Waals surface area contributed by atoms with Crippen LogP contribution in [0.3, 0.4) is 0 Å². The summed E-state index contributed by atoms with van der Waals surface area (Å²) >= 11 is 0. The van der Waals surface area contributed by atoms with Crippen LogP contribution in [0.15, 0.2) is 67.0 Å². The van der Waals surface area contributed by atoms with Crippen molar-refractivity contribution >= 4 is 23.3 Å². The number of carbonyl (C=O) groups excluding carboxylic acids is 3. The molecule has 1 heterocycles. The minimum Gasteiger partial charge on any atom is -0.341 e. The Balaban J connectivity index is 1.66. The molecule has 0 unspecified atom stereocenters. The summed E-state index contributed by atoms with van der Waals surface area (Å²) in [5, 5.41) is 5.18. The molecule has 0 spiro atoms. The van der Waals surface area contributed by atoms with E-state index in [0.717, 1.165) is 5.56 Å². The molecule has 2 N–H and O–H groups in total. The Morgan fingerprint density at radius 1 is 1.00 bits per heavy atom. The lowest BCUT2D eigenvalue weighted by atomic mass is 10.1. The molecule has 2 aromatic carbocycles. The number of aromatic nitrogens is 2. The number of nitrogens with zero attached hydrogens (tertiary/aromatic N) is 2. The minimum atomic E-state index is -0.802. The van der Waals surface area contributed by atoms with Crippen molar-refractivity contribution in [3.05, 3.63) is 83.9 Å². The van der Waals surface area contributed by atoms with E-state index in [1.165, 1.54) is 12.3 Å². The van der Waals surface area contributed by atoms with E-state index in [-0.39, 0.29) is 17.6 Å². The summed E-state index contributed by atoms with van der Waals surface area (Å²) < 4.78 is 1.62. The molecule has 0 radical (unpaired) electrons. The standard InChI is InChI=1S/C21H20N4O3/c1-14(15-7-4-3-5-8-15)23-20(27)21(28)24-17-10-6-9-16(13-17)18(26)19-22-11-12-25(19)2/h3-14H,1-2H3,(H,23,27)(H,24,28)/t14-/m1/s1. The lowest BCUT2D eigenvalue weighted by Crippen LogP contribution is -2.36. The molecule has 0 aliphatic rings. The fraction of sp³-hybridized carbons (Fsp3) is 0.143. The van der Waals surface area contributed by atoms with Crippen molar-refractivity contribution in [1.29, 1.82) is 0 Å². The summed E-state index contributed by atoms with van der Waals surface area (Å²) in [5.41, 5.74) is 1.61. The lowest BCUT2D eigenvalue weighted by Gasteiger charge is -2.14. The fourth-order valence-corrected chi connectivity index (χ4v) is 2.73. The van der Waals surface area contributed by atoms with Gasteiger partial charge in [-0.1, -0.05) is 42.5 Å². The second-order valence-corrected chi connectivity index (χ2v) is 6.33. The van der Waals surface area contributed by atoms with Gasteiger partial charge >= 0.3 is 11.8 Å². The molecular formula is C21H20N4O3. The Labute approximate surface area is 162 Å². The molecule has 0 bridgehead atoms. The van der Waals surface area contributed by atoms with Gasteiger partial charge in [-0.3, -0.25) is 14.4 Å². The summed E-state index contributed by atoms with van der Waals surface area (Å²) in [6, 6.07) is 15.4. The van der Waals surface area contributed by atoms with Gasteiger partial charge in [0.05, 0.1) is 6.04 Å². The molecule has 0 aliphatic carbocycles. The minimum absolute atomic E-state index is 0.272. The van der Waals surface area contributed by atoms with Gasteiger partial charge in [-0.25, -0.2) is 4.98 Å². The summed E-state index contributed by atoms with van der Waals surface area (Å²) in [6.07, 6.45) is 3.22. The number of hydrogen-bond donors (Lipinski definition) is 2. The number of rotatable bonds is 5. The van der Waals surface area contributed by atoms with E-state index in [4.69, 9.17) is 0 Å². The number of benzene rings is 2. The SMILES string of the molecule is C[C@@H](NC(=O)C(=O)Nc1cccc(C(=O)c2nccn2C)c1)c1ccccc1. The highest BCUT2D eigenvalue weighted by atomic mass is 16.2. The van der Waals surface area contributed by atoms with E-state index in [1.807, 2.05) is 30.3 Å². The smallest absolute Gasteiger partial charge is 0.313 e. The van der Waals surface area contributed by atoms with Crippen molar-refractivity contribution in [2.24, 2.45) is 7.05 Å². The monoisotopic (exact) mass is 376 g/mol. The largest absolute Gasteiger partial charge is 0.341 e.